The third-order valence-electron chi connectivity index (χ3n) is 6.09. The molecule has 0 saturated heterocycles. The summed E-state index contributed by atoms with van der Waals surface area (Å²) < 4.78 is 10.7. The summed E-state index contributed by atoms with van der Waals surface area (Å²) >= 11 is 1.31. The molecule has 0 unspecified atom stereocenters. The maximum atomic E-state index is 13.2. The number of carbonyl (C=O) groups excluding carboxylic acids is 2. The van der Waals surface area contributed by atoms with Gasteiger partial charge in [-0.25, -0.2) is 9.78 Å². The minimum absolute atomic E-state index is 0.387. The van der Waals surface area contributed by atoms with Gasteiger partial charge in [0.2, 0.25) is 0 Å². The van der Waals surface area contributed by atoms with Gasteiger partial charge in [0.15, 0.2) is 11.7 Å². The van der Waals surface area contributed by atoms with Gasteiger partial charge in [-0.2, -0.15) is 0 Å². The highest BCUT2D eigenvalue weighted by Gasteiger charge is 2.23. The van der Waals surface area contributed by atoms with Gasteiger partial charge in [-0.15, -0.1) is 11.3 Å². The number of methoxy groups -OCH3 is 1. The molecule has 178 valence electrons. The fourth-order valence-corrected chi connectivity index (χ4v) is 5.10. The molecule has 0 fully saturated rings. The molecule has 2 aromatic carbocycles. The Morgan fingerprint density at radius 3 is 2.63 bits per heavy atom. The minimum atomic E-state index is -0.491. The average Bonchev–Trinajstić information content (AvgIpc) is 3.22. The van der Waals surface area contributed by atoms with Gasteiger partial charge in [-0.05, 0) is 61.6 Å². The lowest BCUT2D eigenvalue weighted by molar-refractivity contribution is -0.119. The van der Waals surface area contributed by atoms with Gasteiger partial charge in [0.1, 0.15) is 5.75 Å². The highest BCUT2D eigenvalue weighted by Crippen LogP contribution is 2.30. The smallest absolute Gasteiger partial charge is 0.339 e. The topological polar surface area (TPSA) is 90.4 Å². The molecular weight excluding hydrogens is 462 g/mol. The van der Waals surface area contributed by atoms with E-state index in [0.717, 1.165) is 71.3 Å². The number of aryl methyl sites for hydroxylation is 1. The Bertz CT molecular complexity index is 1380. The summed E-state index contributed by atoms with van der Waals surface area (Å²) in [6.07, 6.45) is 4.81. The average molecular weight is 488 g/mol. The lowest BCUT2D eigenvalue weighted by Gasteiger charge is -2.14. The molecule has 0 saturated carbocycles. The maximum Gasteiger partial charge on any atom is 0.339 e. The van der Waals surface area contributed by atoms with Crippen LogP contribution in [0.15, 0.2) is 53.9 Å². The largest absolute Gasteiger partial charge is 0.497 e. The molecule has 1 N–H and O–H groups in total. The van der Waals surface area contributed by atoms with Gasteiger partial charge >= 0.3 is 5.97 Å². The number of pyridine rings is 1. The van der Waals surface area contributed by atoms with Crippen LogP contribution < -0.4 is 10.1 Å². The zero-order valence-corrected chi connectivity index (χ0v) is 20.2. The second-order valence-corrected chi connectivity index (χ2v) is 9.24. The van der Waals surface area contributed by atoms with Crippen molar-refractivity contribution in [2.24, 2.45) is 0 Å². The van der Waals surface area contributed by atoms with Crippen LogP contribution in [0.5, 0.6) is 5.75 Å². The van der Waals surface area contributed by atoms with E-state index < -0.39 is 11.9 Å². The molecule has 2 heterocycles. The predicted molar refractivity (Wildman–Crippen MR) is 136 cm³/mol. The normalized spacial score (nSPS) is 13.1. The fraction of sp³-hybridized carbons (Fsp3) is 0.259. The van der Waals surface area contributed by atoms with Crippen LogP contribution in [-0.4, -0.2) is 35.6 Å². The van der Waals surface area contributed by atoms with Gasteiger partial charge in [-0.1, -0.05) is 24.6 Å². The summed E-state index contributed by atoms with van der Waals surface area (Å²) in [4.78, 5) is 35.0. The number of nitrogens with zero attached hydrogens (tertiary/aromatic N) is 2. The number of aromatic nitrogens is 2. The standard InChI is InChI=1S/C27H25N3O4S/c1-33-18-13-11-17(12-14-18)23-16-35-27(29-23)30-24(31)15-34-26(32)25-19-7-3-2-4-9-21(19)28-22-10-6-5-8-20(22)25/h5-6,8,10-14,16H,2-4,7,9,15H2,1H3,(H,29,30,31). The molecule has 5 rings (SSSR count). The minimum Gasteiger partial charge on any atom is -0.497 e. The Kier molecular flexibility index (Phi) is 6.72. The van der Waals surface area contributed by atoms with Crippen LogP contribution in [0.2, 0.25) is 0 Å². The van der Waals surface area contributed by atoms with Crippen molar-refractivity contribution in [2.45, 2.75) is 32.1 Å². The van der Waals surface area contributed by atoms with Crippen LogP contribution in [0, 0.1) is 0 Å². The number of para-hydroxylation sites is 1. The fourth-order valence-electron chi connectivity index (χ4n) is 4.37. The number of thiazole rings is 1. The monoisotopic (exact) mass is 487 g/mol. The van der Waals surface area contributed by atoms with Gasteiger partial charge in [-0.3, -0.25) is 15.1 Å². The molecule has 0 aliphatic heterocycles. The first-order valence-corrected chi connectivity index (χ1v) is 12.5. The molecule has 0 radical (unpaired) electrons. The van der Waals surface area contributed by atoms with Crippen LogP contribution >= 0.6 is 11.3 Å². The van der Waals surface area contributed by atoms with E-state index in [1.54, 1.807) is 7.11 Å². The molecule has 1 aliphatic carbocycles. The summed E-state index contributed by atoms with van der Waals surface area (Å²) in [6, 6.07) is 15.1. The van der Waals surface area contributed by atoms with Crippen molar-refractivity contribution in [2.75, 3.05) is 19.0 Å². The summed E-state index contributed by atoms with van der Waals surface area (Å²) in [7, 11) is 1.62. The zero-order chi connectivity index (χ0) is 24.2. The number of anilines is 1. The highest BCUT2D eigenvalue weighted by molar-refractivity contribution is 7.14. The van der Waals surface area contributed by atoms with Crippen molar-refractivity contribution in [3.63, 3.8) is 0 Å². The Hall–Kier alpha value is -3.78. The molecule has 4 aromatic rings. The van der Waals surface area contributed by atoms with E-state index in [0.29, 0.717) is 10.7 Å². The first kappa shape index (κ1) is 23.0. The van der Waals surface area contributed by atoms with Crippen LogP contribution in [0.25, 0.3) is 22.2 Å². The van der Waals surface area contributed by atoms with Crippen molar-refractivity contribution in [1.82, 2.24) is 9.97 Å². The molecular formula is C27H25N3O4S. The van der Waals surface area contributed by atoms with Crippen molar-refractivity contribution in [3.8, 4) is 17.0 Å². The number of ether oxygens (including phenoxy) is 2. The van der Waals surface area contributed by atoms with Crippen LogP contribution in [0.3, 0.4) is 0 Å². The van der Waals surface area contributed by atoms with Crippen LogP contribution in [0.1, 0.15) is 40.9 Å². The van der Waals surface area contributed by atoms with Crippen molar-refractivity contribution in [3.05, 3.63) is 70.7 Å². The number of hydrogen-bond acceptors (Lipinski definition) is 7. The number of esters is 1. The van der Waals surface area contributed by atoms with E-state index >= 15 is 0 Å². The number of benzene rings is 2. The number of rotatable bonds is 6. The van der Waals surface area contributed by atoms with Gasteiger partial charge in [0, 0.05) is 22.0 Å². The van der Waals surface area contributed by atoms with Crippen molar-refractivity contribution in [1.29, 1.82) is 0 Å². The van der Waals surface area contributed by atoms with Crippen molar-refractivity contribution >= 4 is 39.2 Å². The highest BCUT2D eigenvalue weighted by atomic mass is 32.1. The summed E-state index contributed by atoms with van der Waals surface area (Å²) in [6.45, 7) is -0.387. The molecule has 0 bridgehead atoms. The molecule has 1 amide bonds. The van der Waals surface area contributed by atoms with E-state index in [1.807, 2.05) is 53.9 Å². The summed E-state index contributed by atoms with van der Waals surface area (Å²) in [5.74, 6) is -0.161. The number of fused-ring (bicyclic) bond motifs is 2. The SMILES string of the molecule is COc1ccc(-c2csc(NC(=O)COC(=O)c3c4c(nc5ccccc35)CCCCC4)n2)cc1. The first-order chi connectivity index (χ1) is 17.1. The Balaban J connectivity index is 1.28. The first-order valence-electron chi connectivity index (χ1n) is 11.6. The molecule has 8 heteroatoms. The molecule has 7 nitrogen and oxygen atoms in total. The third-order valence-corrected chi connectivity index (χ3v) is 6.85. The predicted octanol–water partition coefficient (Wildman–Crippen LogP) is 5.43. The quantitative estimate of drug-likeness (QED) is 0.288. The van der Waals surface area contributed by atoms with Gasteiger partial charge < -0.3 is 9.47 Å². The summed E-state index contributed by atoms with van der Waals surface area (Å²) in [5.41, 5.74) is 4.90. The molecule has 35 heavy (non-hydrogen) atoms. The number of nitrogens with one attached hydrogen (secondary N) is 1. The van der Waals surface area contributed by atoms with E-state index in [1.165, 1.54) is 11.3 Å². The Labute approximate surface area is 207 Å². The molecule has 2 aromatic heterocycles. The lowest BCUT2D eigenvalue weighted by Crippen LogP contribution is -2.22. The second-order valence-electron chi connectivity index (χ2n) is 8.38. The second kappa shape index (κ2) is 10.2. The van der Waals surface area contributed by atoms with Crippen LogP contribution in [-0.2, 0) is 22.4 Å². The maximum absolute atomic E-state index is 13.2. The lowest BCUT2D eigenvalue weighted by atomic mass is 9.97. The van der Waals surface area contributed by atoms with E-state index in [2.05, 4.69) is 10.3 Å². The van der Waals surface area contributed by atoms with Crippen LogP contribution in [0.4, 0.5) is 5.13 Å². The number of carbonyl (C=O) groups is 2. The van der Waals surface area contributed by atoms with Gasteiger partial charge in [0.25, 0.3) is 5.91 Å². The van der Waals surface area contributed by atoms with E-state index in [4.69, 9.17) is 14.5 Å². The summed E-state index contributed by atoms with van der Waals surface area (Å²) in [5, 5.41) is 5.80. The van der Waals surface area contributed by atoms with E-state index in [9.17, 15) is 9.59 Å². The van der Waals surface area contributed by atoms with Crippen molar-refractivity contribution < 1.29 is 19.1 Å². The zero-order valence-electron chi connectivity index (χ0n) is 19.4. The molecule has 1 aliphatic rings. The molecule has 0 atom stereocenters. The Morgan fingerprint density at radius 2 is 1.80 bits per heavy atom. The molecule has 0 spiro atoms. The Morgan fingerprint density at radius 1 is 1.00 bits per heavy atom. The number of hydrogen-bond donors (Lipinski definition) is 1. The number of amides is 1. The van der Waals surface area contributed by atoms with Gasteiger partial charge in [0.05, 0.1) is 23.9 Å². The third kappa shape index (κ3) is 5.02. The van der Waals surface area contributed by atoms with E-state index in [-0.39, 0.29) is 6.61 Å².